The summed E-state index contributed by atoms with van der Waals surface area (Å²) in [5.41, 5.74) is 2.55. The molecule has 0 atom stereocenters. The van der Waals surface area contributed by atoms with Crippen molar-refractivity contribution in [1.29, 1.82) is 5.26 Å². The van der Waals surface area contributed by atoms with Crippen LogP contribution in [0.1, 0.15) is 16.7 Å². The molecular weight excluding hydrogens is 685 g/mol. The minimum atomic E-state index is -4.96. The third-order valence-corrected chi connectivity index (χ3v) is 11.1. The normalized spacial score (nSPS) is 15.2. The molecule has 15 heteroatoms. The Labute approximate surface area is 276 Å². The van der Waals surface area contributed by atoms with Crippen molar-refractivity contribution < 1.29 is 37.9 Å². The Morgan fingerprint density at radius 2 is 1.28 bits per heavy atom. The van der Waals surface area contributed by atoms with E-state index in [0.29, 0.717) is 16.0 Å². The number of nitrogens with zero attached hydrogens (tertiary/aromatic N) is 2. The van der Waals surface area contributed by atoms with Crippen molar-refractivity contribution in [2.45, 2.75) is 28.5 Å². The Kier molecular flexibility index (Phi) is 9.59. The quantitative estimate of drug-likeness (QED) is 0.106. The predicted octanol–water partition coefficient (Wildman–Crippen LogP) is 6.10. The lowest BCUT2D eigenvalue weighted by molar-refractivity contribution is 0.338. The Hall–Kier alpha value is -4.88. The van der Waals surface area contributed by atoms with Crippen LogP contribution in [0, 0.1) is 25.2 Å². The van der Waals surface area contributed by atoms with Gasteiger partial charge in [0.05, 0.1) is 5.57 Å². The van der Waals surface area contributed by atoms with Crippen LogP contribution in [0.15, 0.2) is 134 Å². The van der Waals surface area contributed by atoms with Crippen molar-refractivity contribution in [3.63, 3.8) is 0 Å². The van der Waals surface area contributed by atoms with Gasteiger partial charge in [0.15, 0.2) is 10.6 Å². The summed E-state index contributed by atoms with van der Waals surface area (Å²) in [7, 11) is -13.9. The maximum atomic E-state index is 13.5. The lowest BCUT2D eigenvalue weighted by Crippen LogP contribution is -2.14. The molecule has 1 heterocycles. The van der Waals surface area contributed by atoms with E-state index < -0.39 is 46.7 Å². The van der Waals surface area contributed by atoms with Crippen molar-refractivity contribution in [3.05, 3.63) is 131 Å². The molecule has 0 aromatic heterocycles. The monoisotopic (exact) mass is 708 g/mol. The number of rotatable bonds is 10. The first-order valence-corrected chi connectivity index (χ1v) is 18.6. The molecule has 0 N–H and O–H groups in total. The summed E-state index contributed by atoms with van der Waals surface area (Å²) in [6.07, 6.45) is 3.00. The lowest BCUT2D eigenvalue weighted by Gasteiger charge is -2.13. The van der Waals surface area contributed by atoms with Crippen molar-refractivity contribution >= 4 is 52.7 Å². The van der Waals surface area contributed by atoms with Crippen LogP contribution in [-0.4, -0.2) is 30.3 Å². The maximum absolute atomic E-state index is 13.5. The van der Waals surface area contributed by atoms with Gasteiger partial charge in [-0.25, -0.2) is 0 Å². The fourth-order valence-electron chi connectivity index (χ4n) is 4.06. The van der Waals surface area contributed by atoms with Crippen molar-refractivity contribution in [1.82, 2.24) is 0 Å². The molecule has 240 valence electrons. The number of oxime groups is 1. The van der Waals surface area contributed by atoms with Gasteiger partial charge >= 0.3 is 30.4 Å². The lowest BCUT2D eigenvalue weighted by atomic mass is 10.1. The number of allylic oxidation sites excluding steroid dienone is 2. The predicted molar refractivity (Wildman–Crippen MR) is 176 cm³/mol. The highest BCUT2D eigenvalue weighted by molar-refractivity contribution is 8.18. The fourth-order valence-corrected chi connectivity index (χ4v) is 7.74. The molecule has 47 heavy (non-hydrogen) atoms. The Morgan fingerprint density at radius 3 is 1.85 bits per heavy atom. The van der Waals surface area contributed by atoms with E-state index >= 15 is 0 Å². The molecule has 0 amide bonds. The van der Waals surface area contributed by atoms with Gasteiger partial charge in [-0.05, 0) is 68.0 Å². The first-order chi connectivity index (χ1) is 22.3. The van der Waals surface area contributed by atoms with Gasteiger partial charge in [-0.15, -0.1) is 0 Å². The van der Waals surface area contributed by atoms with Crippen molar-refractivity contribution in [3.8, 4) is 17.6 Å². The fraction of sp³-hybridized carbons (Fsp3) is 0.0625. The van der Waals surface area contributed by atoms with Gasteiger partial charge in [-0.3, -0.25) is 4.28 Å². The van der Waals surface area contributed by atoms with Crippen LogP contribution in [-0.2, 0) is 34.6 Å². The SMILES string of the molecule is Cc1ccc(S(=O)(=O)Oc2ccc(OS(=O)(=O)c3ccc(C)cc3)c(S(=O)(=O)ON=C3C=CC(=C(C#N)c4ccccc4)S3)c2)cc1. The highest BCUT2D eigenvalue weighted by Crippen LogP contribution is 2.36. The third-order valence-electron chi connectivity index (χ3n) is 6.45. The van der Waals surface area contributed by atoms with E-state index in [1.54, 1.807) is 62.4 Å². The Bertz CT molecular complexity index is 2290. The molecule has 0 spiro atoms. The number of nitriles is 1. The summed E-state index contributed by atoms with van der Waals surface area (Å²) in [5.74, 6) is -1.17. The number of thioether (sulfide) groups is 1. The average Bonchev–Trinajstić information content (AvgIpc) is 3.50. The van der Waals surface area contributed by atoms with Crippen LogP contribution in [0.4, 0.5) is 0 Å². The second-order valence-corrected chi connectivity index (χ2v) is 15.6. The van der Waals surface area contributed by atoms with Gasteiger partial charge in [0.1, 0.15) is 26.7 Å². The number of hydrogen-bond acceptors (Lipinski definition) is 12. The Balaban J connectivity index is 1.49. The smallest absolute Gasteiger partial charge is 0.362 e. The molecule has 1 aliphatic heterocycles. The standard InChI is InChI=1S/C32H24N2O9S4/c1-22-8-13-26(14-9-22)45(35,36)41-25-12-17-29(42-46(37,38)27-15-10-23(2)11-16-27)31(20-25)47(39,40)43-34-32-19-18-30(44-32)28(21-33)24-6-4-3-5-7-24/h3-20H,1-2H3. The van der Waals surface area contributed by atoms with Crippen molar-refractivity contribution in [2.75, 3.05) is 0 Å². The summed E-state index contributed by atoms with van der Waals surface area (Å²) >= 11 is 0.972. The molecule has 4 aromatic rings. The first kappa shape index (κ1) is 33.5. The number of hydrogen-bond donors (Lipinski definition) is 0. The van der Waals surface area contributed by atoms with Crippen LogP contribution in [0.25, 0.3) is 5.57 Å². The topological polar surface area (TPSA) is 166 Å². The Morgan fingerprint density at radius 1 is 0.702 bits per heavy atom. The van der Waals surface area contributed by atoms with Gasteiger partial charge in [-0.2, -0.15) is 30.5 Å². The minimum Gasteiger partial charge on any atom is -0.379 e. The zero-order valence-electron chi connectivity index (χ0n) is 24.6. The molecular formula is C32H24N2O9S4. The molecule has 0 saturated carbocycles. The van der Waals surface area contributed by atoms with Crippen LogP contribution in [0.2, 0.25) is 0 Å². The summed E-state index contributed by atoms with van der Waals surface area (Å²) in [6.45, 7) is 3.52. The molecule has 1 aliphatic rings. The molecule has 0 fully saturated rings. The molecule has 0 aliphatic carbocycles. The average molecular weight is 709 g/mol. The zero-order valence-corrected chi connectivity index (χ0v) is 27.9. The summed E-state index contributed by atoms with van der Waals surface area (Å²) < 4.78 is 94.3. The second kappa shape index (κ2) is 13.5. The van der Waals surface area contributed by atoms with E-state index in [2.05, 4.69) is 11.2 Å². The molecule has 5 rings (SSSR count). The zero-order chi connectivity index (χ0) is 33.8. The van der Waals surface area contributed by atoms with Gasteiger partial charge in [0.25, 0.3) is 0 Å². The summed E-state index contributed by atoms with van der Waals surface area (Å²) in [5, 5.41) is 13.5. The second-order valence-electron chi connectivity index (χ2n) is 9.92. The van der Waals surface area contributed by atoms with E-state index in [9.17, 15) is 30.5 Å². The van der Waals surface area contributed by atoms with E-state index in [0.717, 1.165) is 41.1 Å². The molecule has 0 unspecified atom stereocenters. The van der Waals surface area contributed by atoms with Crippen LogP contribution < -0.4 is 8.37 Å². The number of benzene rings is 4. The molecule has 0 bridgehead atoms. The van der Waals surface area contributed by atoms with Crippen molar-refractivity contribution in [2.24, 2.45) is 5.16 Å². The number of aryl methyl sites for hydroxylation is 2. The largest absolute Gasteiger partial charge is 0.379 e. The van der Waals surface area contributed by atoms with E-state index in [-0.39, 0.29) is 14.8 Å². The van der Waals surface area contributed by atoms with E-state index in [1.165, 1.54) is 42.5 Å². The first-order valence-electron chi connectivity index (χ1n) is 13.5. The van der Waals surface area contributed by atoms with E-state index in [4.69, 9.17) is 12.6 Å². The van der Waals surface area contributed by atoms with Gasteiger partial charge in [-0.1, -0.05) is 82.6 Å². The van der Waals surface area contributed by atoms with Crippen LogP contribution >= 0.6 is 11.8 Å². The molecule has 11 nitrogen and oxygen atoms in total. The van der Waals surface area contributed by atoms with Gasteiger partial charge < -0.3 is 8.37 Å². The van der Waals surface area contributed by atoms with E-state index in [1.807, 2.05) is 0 Å². The van der Waals surface area contributed by atoms with Crippen LogP contribution in [0.3, 0.4) is 0 Å². The summed E-state index contributed by atoms with van der Waals surface area (Å²) in [4.78, 5) is -0.839. The van der Waals surface area contributed by atoms with Gasteiger partial charge in [0.2, 0.25) is 0 Å². The van der Waals surface area contributed by atoms with Gasteiger partial charge in [0, 0.05) is 11.0 Å². The molecule has 0 radical (unpaired) electrons. The minimum absolute atomic E-state index is 0.0661. The van der Waals surface area contributed by atoms with Crippen LogP contribution in [0.5, 0.6) is 11.5 Å². The highest BCUT2D eigenvalue weighted by Gasteiger charge is 2.29. The maximum Gasteiger partial charge on any atom is 0.362 e. The third kappa shape index (κ3) is 7.92. The highest BCUT2D eigenvalue weighted by atomic mass is 32.2. The summed E-state index contributed by atoms with van der Waals surface area (Å²) in [6, 6.07) is 25.1. The molecule has 0 saturated heterocycles. The molecule has 4 aromatic carbocycles.